The van der Waals surface area contributed by atoms with Gasteiger partial charge < -0.3 is 10.3 Å². The fourth-order valence-electron chi connectivity index (χ4n) is 3.08. The number of hydrogen-bond donors (Lipinski definition) is 2. The number of rotatable bonds is 6. The number of nitrogens with one attached hydrogen (secondary N) is 2. The van der Waals surface area contributed by atoms with Gasteiger partial charge in [0.05, 0.1) is 0 Å². The van der Waals surface area contributed by atoms with Crippen LogP contribution in [-0.2, 0) is 6.54 Å². The molecule has 1 heterocycles. The molecule has 108 valence electrons. The first kappa shape index (κ1) is 14.6. The molecule has 1 aliphatic rings. The van der Waals surface area contributed by atoms with Crippen LogP contribution in [0.2, 0.25) is 0 Å². The molecule has 0 aromatic carbocycles. The normalized spacial score (nSPS) is 24.0. The first-order valence-electron chi connectivity index (χ1n) is 7.93. The lowest BCUT2D eigenvalue weighted by atomic mass is 9.80. The van der Waals surface area contributed by atoms with Crippen LogP contribution in [0.3, 0.4) is 0 Å². The standard InChI is InChI=1S/C16H29N3/c1-4-13-6-5-7-14(8-13)16-18-11-15(19-16)10-17-9-12(2)3/h11-14,17H,4-10H2,1-3H3,(H,18,19). The van der Waals surface area contributed by atoms with Crippen molar-refractivity contribution < 1.29 is 0 Å². The van der Waals surface area contributed by atoms with Crippen LogP contribution in [0.15, 0.2) is 6.20 Å². The largest absolute Gasteiger partial charge is 0.345 e. The molecule has 1 fully saturated rings. The van der Waals surface area contributed by atoms with Crippen LogP contribution in [0.4, 0.5) is 0 Å². The van der Waals surface area contributed by atoms with Crippen molar-refractivity contribution in [2.24, 2.45) is 11.8 Å². The first-order valence-corrected chi connectivity index (χ1v) is 7.93. The Morgan fingerprint density at radius 1 is 1.42 bits per heavy atom. The van der Waals surface area contributed by atoms with E-state index in [1.165, 1.54) is 43.6 Å². The topological polar surface area (TPSA) is 40.7 Å². The third-order valence-electron chi connectivity index (χ3n) is 4.26. The highest BCUT2D eigenvalue weighted by atomic mass is 15.0. The highest BCUT2D eigenvalue weighted by Gasteiger charge is 2.23. The summed E-state index contributed by atoms with van der Waals surface area (Å²) >= 11 is 0. The van der Waals surface area contributed by atoms with Crippen LogP contribution in [-0.4, -0.2) is 16.5 Å². The Bertz CT molecular complexity index is 370. The van der Waals surface area contributed by atoms with Gasteiger partial charge in [-0.3, -0.25) is 0 Å². The summed E-state index contributed by atoms with van der Waals surface area (Å²) in [5.41, 5.74) is 1.23. The number of nitrogens with zero attached hydrogens (tertiary/aromatic N) is 1. The fourth-order valence-corrected chi connectivity index (χ4v) is 3.08. The van der Waals surface area contributed by atoms with Crippen LogP contribution in [0, 0.1) is 11.8 Å². The van der Waals surface area contributed by atoms with E-state index in [2.05, 4.69) is 36.1 Å². The minimum Gasteiger partial charge on any atom is -0.345 e. The monoisotopic (exact) mass is 263 g/mol. The van der Waals surface area contributed by atoms with Gasteiger partial charge in [-0.25, -0.2) is 4.98 Å². The van der Waals surface area contributed by atoms with Gasteiger partial charge in [-0.15, -0.1) is 0 Å². The van der Waals surface area contributed by atoms with Gasteiger partial charge in [0, 0.05) is 24.4 Å². The van der Waals surface area contributed by atoms with Crippen LogP contribution >= 0.6 is 0 Å². The lowest BCUT2D eigenvalue weighted by molar-refractivity contribution is 0.308. The zero-order valence-corrected chi connectivity index (χ0v) is 12.7. The van der Waals surface area contributed by atoms with Gasteiger partial charge in [0.2, 0.25) is 0 Å². The number of aromatic nitrogens is 2. The maximum absolute atomic E-state index is 4.61. The van der Waals surface area contributed by atoms with E-state index < -0.39 is 0 Å². The number of imidazole rings is 1. The third kappa shape index (κ3) is 4.34. The van der Waals surface area contributed by atoms with Gasteiger partial charge in [0.1, 0.15) is 5.82 Å². The summed E-state index contributed by atoms with van der Waals surface area (Å²) in [6.45, 7) is 8.76. The van der Waals surface area contributed by atoms with E-state index in [0.29, 0.717) is 11.8 Å². The second kappa shape index (κ2) is 7.09. The second-order valence-electron chi connectivity index (χ2n) is 6.46. The van der Waals surface area contributed by atoms with E-state index in [-0.39, 0.29) is 0 Å². The van der Waals surface area contributed by atoms with Gasteiger partial charge in [-0.2, -0.15) is 0 Å². The highest BCUT2D eigenvalue weighted by molar-refractivity contribution is 5.06. The van der Waals surface area contributed by atoms with Crippen molar-refractivity contribution in [3.63, 3.8) is 0 Å². The van der Waals surface area contributed by atoms with Crippen LogP contribution in [0.25, 0.3) is 0 Å². The minimum absolute atomic E-state index is 0.664. The molecule has 2 unspecified atom stereocenters. The Morgan fingerprint density at radius 2 is 2.26 bits per heavy atom. The molecule has 1 aromatic heterocycles. The van der Waals surface area contributed by atoms with Gasteiger partial charge in [-0.1, -0.05) is 40.0 Å². The molecule has 3 heteroatoms. The average Bonchev–Trinajstić information content (AvgIpc) is 2.87. The van der Waals surface area contributed by atoms with Gasteiger partial charge in [0.25, 0.3) is 0 Å². The summed E-state index contributed by atoms with van der Waals surface area (Å²) in [5.74, 6) is 3.49. The molecule has 1 saturated carbocycles. The van der Waals surface area contributed by atoms with E-state index in [1.54, 1.807) is 0 Å². The molecule has 0 radical (unpaired) electrons. The van der Waals surface area contributed by atoms with Gasteiger partial charge in [-0.05, 0) is 31.2 Å². The number of aromatic amines is 1. The van der Waals surface area contributed by atoms with E-state index in [0.717, 1.165) is 19.0 Å². The fraction of sp³-hybridized carbons (Fsp3) is 0.812. The summed E-state index contributed by atoms with van der Waals surface area (Å²) in [7, 11) is 0. The molecule has 2 rings (SSSR count). The minimum atomic E-state index is 0.664. The summed E-state index contributed by atoms with van der Waals surface area (Å²) in [6.07, 6.45) is 8.74. The van der Waals surface area contributed by atoms with Crippen molar-refractivity contribution in [3.8, 4) is 0 Å². The predicted octanol–water partition coefficient (Wildman–Crippen LogP) is 3.84. The Hall–Kier alpha value is -0.830. The summed E-state index contributed by atoms with van der Waals surface area (Å²) in [4.78, 5) is 8.14. The molecule has 0 amide bonds. The molecule has 0 bridgehead atoms. The molecule has 0 spiro atoms. The zero-order chi connectivity index (χ0) is 13.7. The van der Waals surface area contributed by atoms with E-state index in [4.69, 9.17) is 0 Å². The Labute approximate surface area is 117 Å². The zero-order valence-electron chi connectivity index (χ0n) is 12.7. The smallest absolute Gasteiger partial charge is 0.109 e. The second-order valence-corrected chi connectivity index (χ2v) is 6.46. The van der Waals surface area contributed by atoms with Crippen molar-refractivity contribution in [3.05, 3.63) is 17.7 Å². The highest BCUT2D eigenvalue weighted by Crippen LogP contribution is 2.36. The Morgan fingerprint density at radius 3 is 3.00 bits per heavy atom. The Balaban J connectivity index is 1.85. The third-order valence-corrected chi connectivity index (χ3v) is 4.26. The number of hydrogen-bond acceptors (Lipinski definition) is 2. The molecule has 2 N–H and O–H groups in total. The van der Waals surface area contributed by atoms with Gasteiger partial charge in [0.15, 0.2) is 0 Å². The van der Waals surface area contributed by atoms with Crippen LogP contribution in [0.5, 0.6) is 0 Å². The SMILES string of the molecule is CCC1CCCC(c2ncc(CNCC(C)C)[nH]2)C1. The molecule has 0 saturated heterocycles. The van der Waals surface area contributed by atoms with Gasteiger partial charge >= 0.3 is 0 Å². The summed E-state index contributed by atoms with van der Waals surface area (Å²) < 4.78 is 0. The van der Waals surface area contributed by atoms with Crippen molar-refractivity contribution in [1.29, 1.82) is 0 Å². The molecule has 0 aliphatic heterocycles. The molecule has 1 aliphatic carbocycles. The maximum Gasteiger partial charge on any atom is 0.109 e. The van der Waals surface area contributed by atoms with E-state index in [1.807, 2.05) is 6.20 Å². The van der Waals surface area contributed by atoms with Crippen molar-refractivity contribution in [1.82, 2.24) is 15.3 Å². The number of H-pyrrole nitrogens is 1. The van der Waals surface area contributed by atoms with E-state index in [9.17, 15) is 0 Å². The molecular formula is C16H29N3. The molecule has 2 atom stereocenters. The van der Waals surface area contributed by atoms with Crippen molar-refractivity contribution >= 4 is 0 Å². The quantitative estimate of drug-likeness (QED) is 0.818. The summed E-state index contributed by atoms with van der Waals surface area (Å²) in [5, 5.41) is 3.47. The lowest BCUT2D eigenvalue weighted by Crippen LogP contribution is -2.19. The lowest BCUT2D eigenvalue weighted by Gasteiger charge is -2.27. The average molecular weight is 263 g/mol. The molecule has 1 aromatic rings. The first-order chi connectivity index (χ1) is 9.19. The van der Waals surface area contributed by atoms with Crippen molar-refractivity contribution in [2.75, 3.05) is 6.54 Å². The van der Waals surface area contributed by atoms with E-state index >= 15 is 0 Å². The Kier molecular flexibility index (Phi) is 5.44. The molecule has 19 heavy (non-hydrogen) atoms. The molecular weight excluding hydrogens is 234 g/mol. The van der Waals surface area contributed by atoms with Crippen LogP contribution in [0.1, 0.15) is 70.3 Å². The molecule has 3 nitrogen and oxygen atoms in total. The maximum atomic E-state index is 4.61. The van der Waals surface area contributed by atoms with Crippen molar-refractivity contribution in [2.45, 2.75) is 65.3 Å². The summed E-state index contributed by atoms with van der Waals surface area (Å²) in [6, 6.07) is 0. The van der Waals surface area contributed by atoms with Crippen LogP contribution < -0.4 is 5.32 Å². The predicted molar refractivity (Wildman–Crippen MR) is 80.1 cm³/mol.